The topological polar surface area (TPSA) is 75.3 Å². The molecule has 3 aliphatic rings. The SMILES string of the molecule is O=C(NCC1CCCS1(=O)=O)C1CC12CCNCC2. The summed E-state index contributed by atoms with van der Waals surface area (Å²) < 4.78 is 23.4. The molecule has 5 nitrogen and oxygen atoms in total. The van der Waals surface area contributed by atoms with Crippen molar-refractivity contribution < 1.29 is 13.2 Å². The molecular weight excluding hydrogens is 264 g/mol. The number of carbonyl (C=O) groups is 1. The molecule has 2 unspecified atom stereocenters. The average molecular weight is 286 g/mol. The van der Waals surface area contributed by atoms with Crippen LogP contribution in [0.2, 0.25) is 0 Å². The van der Waals surface area contributed by atoms with Crippen LogP contribution in [-0.2, 0) is 14.6 Å². The number of amides is 1. The van der Waals surface area contributed by atoms with Crippen LogP contribution in [0.5, 0.6) is 0 Å². The van der Waals surface area contributed by atoms with E-state index in [4.69, 9.17) is 0 Å². The van der Waals surface area contributed by atoms with Crippen molar-refractivity contribution >= 4 is 15.7 Å². The molecule has 108 valence electrons. The van der Waals surface area contributed by atoms with Gasteiger partial charge >= 0.3 is 0 Å². The van der Waals surface area contributed by atoms with Gasteiger partial charge in [0.15, 0.2) is 9.84 Å². The van der Waals surface area contributed by atoms with Crippen LogP contribution >= 0.6 is 0 Å². The van der Waals surface area contributed by atoms with E-state index < -0.39 is 9.84 Å². The first-order chi connectivity index (χ1) is 9.04. The van der Waals surface area contributed by atoms with Gasteiger partial charge in [-0.25, -0.2) is 8.42 Å². The molecule has 0 aromatic heterocycles. The van der Waals surface area contributed by atoms with Crippen LogP contribution in [0.3, 0.4) is 0 Å². The lowest BCUT2D eigenvalue weighted by molar-refractivity contribution is -0.123. The minimum absolute atomic E-state index is 0.0731. The lowest BCUT2D eigenvalue weighted by atomic mass is 9.92. The monoisotopic (exact) mass is 286 g/mol. The Hall–Kier alpha value is -0.620. The molecular formula is C13H22N2O3S. The number of rotatable bonds is 3. The average Bonchev–Trinajstić information content (AvgIpc) is 2.95. The van der Waals surface area contributed by atoms with Crippen molar-refractivity contribution in [2.45, 2.75) is 37.4 Å². The van der Waals surface area contributed by atoms with Gasteiger partial charge < -0.3 is 10.6 Å². The quantitative estimate of drug-likeness (QED) is 0.770. The van der Waals surface area contributed by atoms with E-state index in [1.54, 1.807) is 0 Å². The lowest BCUT2D eigenvalue weighted by Gasteiger charge is -2.23. The maximum atomic E-state index is 12.1. The van der Waals surface area contributed by atoms with Crippen LogP contribution in [0.1, 0.15) is 32.1 Å². The highest BCUT2D eigenvalue weighted by Gasteiger charge is 2.57. The van der Waals surface area contributed by atoms with Gasteiger partial charge in [0, 0.05) is 12.5 Å². The van der Waals surface area contributed by atoms with Crippen molar-refractivity contribution in [2.75, 3.05) is 25.4 Å². The second kappa shape index (κ2) is 4.74. The Bertz CT molecular complexity index is 468. The van der Waals surface area contributed by atoms with Gasteiger partial charge in [-0.3, -0.25) is 4.79 Å². The van der Waals surface area contributed by atoms with Gasteiger partial charge in [-0.05, 0) is 50.6 Å². The number of sulfone groups is 1. The predicted molar refractivity (Wildman–Crippen MR) is 72.5 cm³/mol. The number of piperidine rings is 1. The van der Waals surface area contributed by atoms with Gasteiger partial charge in [-0.2, -0.15) is 0 Å². The molecule has 2 aliphatic heterocycles. The van der Waals surface area contributed by atoms with Crippen LogP contribution in [-0.4, -0.2) is 45.0 Å². The second-order valence-corrected chi connectivity index (χ2v) is 8.65. The van der Waals surface area contributed by atoms with Crippen molar-refractivity contribution in [2.24, 2.45) is 11.3 Å². The number of carbonyl (C=O) groups excluding carboxylic acids is 1. The first-order valence-electron chi connectivity index (χ1n) is 7.24. The minimum Gasteiger partial charge on any atom is -0.355 e. The van der Waals surface area contributed by atoms with Crippen molar-refractivity contribution in [1.29, 1.82) is 0 Å². The predicted octanol–water partition coefficient (Wildman–Crippen LogP) is 0.0695. The van der Waals surface area contributed by atoms with Gasteiger partial charge in [0.1, 0.15) is 0 Å². The van der Waals surface area contributed by atoms with Crippen LogP contribution in [0, 0.1) is 11.3 Å². The smallest absolute Gasteiger partial charge is 0.223 e. The first kappa shape index (κ1) is 13.4. The van der Waals surface area contributed by atoms with Crippen LogP contribution in [0.25, 0.3) is 0 Å². The largest absolute Gasteiger partial charge is 0.355 e. The third-order valence-electron chi connectivity index (χ3n) is 5.07. The normalized spacial score (nSPS) is 35.2. The fourth-order valence-corrected chi connectivity index (χ4v) is 5.39. The highest BCUT2D eigenvalue weighted by Crippen LogP contribution is 2.58. The molecule has 3 fully saturated rings. The third kappa shape index (κ3) is 2.52. The van der Waals surface area contributed by atoms with Gasteiger partial charge in [0.2, 0.25) is 5.91 Å². The summed E-state index contributed by atoms with van der Waals surface area (Å²) in [5.41, 5.74) is 0.226. The molecule has 0 aromatic carbocycles. The van der Waals surface area contributed by atoms with E-state index in [-0.39, 0.29) is 28.2 Å². The molecule has 2 N–H and O–H groups in total. The number of hydrogen-bond acceptors (Lipinski definition) is 4. The first-order valence-corrected chi connectivity index (χ1v) is 8.95. The van der Waals surface area contributed by atoms with E-state index in [2.05, 4.69) is 10.6 Å². The van der Waals surface area contributed by atoms with Crippen LogP contribution in [0.4, 0.5) is 0 Å². The molecule has 1 amide bonds. The zero-order chi connectivity index (χ0) is 13.5. The Morgan fingerprint density at radius 2 is 2.05 bits per heavy atom. The summed E-state index contributed by atoms with van der Waals surface area (Å²) in [5.74, 6) is 0.481. The zero-order valence-electron chi connectivity index (χ0n) is 11.2. The van der Waals surface area contributed by atoms with Crippen molar-refractivity contribution in [3.63, 3.8) is 0 Å². The van der Waals surface area contributed by atoms with Gasteiger partial charge in [-0.15, -0.1) is 0 Å². The molecule has 1 aliphatic carbocycles. The van der Waals surface area contributed by atoms with Crippen molar-refractivity contribution in [3.8, 4) is 0 Å². The molecule has 2 saturated heterocycles. The highest BCUT2D eigenvalue weighted by molar-refractivity contribution is 7.92. The Labute approximate surface area is 114 Å². The third-order valence-corrected chi connectivity index (χ3v) is 7.35. The molecule has 3 rings (SSSR count). The van der Waals surface area contributed by atoms with E-state index in [0.717, 1.165) is 38.8 Å². The molecule has 19 heavy (non-hydrogen) atoms. The summed E-state index contributed by atoms with van der Waals surface area (Å²) in [6, 6.07) is 0. The minimum atomic E-state index is -2.95. The lowest BCUT2D eigenvalue weighted by Crippen LogP contribution is -2.38. The summed E-state index contributed by atoms with van der Waals surface area (Å²) in [6.45, 7) is 2.31. The van der Waals surface area contributed by atoms with E-state index >= 15 is 0 Å². The molecule has 6 heteroatoms. The van der Waals surface area contributed by atoms with Crippen LogP contribution in [0.15, 0.2) is 0 Å². The molecule has 0 bridgehead atoms. The fourth-order valence-electron chi connectivity index (χ4n) is 3.62. The maximum Gasteiger partial charge on any atom is 0.223 e. The second-order valence-electron chi connectivity index (χ2n) is 6.25. The van der Waals surface area contributed by atoms with Crippen molar-refractivity contribution in [3.05, 3.63) is 0 Å². The van der Waals surface area contributed by atoms with E-state index in [1.165, 1.54) is 0 Å². The van der Waals surface area contributed by atoms with E-state index in [9.17, 15) is 13.2 Å². The van der Waals surface area contributed by atoms with Crippen molar-refractivity contribution in [1.82, 2.24) is 10.6 Å². The van der Waals surface area contributed by atoms with E-state index in [1.807, 2.05) is 0 Å². The van der Waals surface area contributed by atoms with Gasteiger partial charge in [0.05, 0.1) is 11.0 Å². The summed E-state index contributed by atoms with van der Waals surface area (Å²) in [7, 11) is -2.95. The fraction of sp³-hybridized carbons (Fsp3) is 0.923. The Morgan fingerprint density at radius 3 is 2.68 bits per heavy atom. The Balaban J connectivity index is 1.50. The zero-order valence-corrected chi connectivity index (χ0v) is 12.0. The Kier molecular flexibility index (Phi) is 3.33. The highest BCUT2D eigenvalue weighted by atomic mass is 32.2. The molecule has 2 atom stereocenters. The molecule has 1 spiro atoms. The summed E-state index contributed by atoms with van der Waals surface area (Å²) in [6.07, 6.45) is 4.57. The maximum absolute atomic E-state index is 12.1. The van der Waals surface area contributed by atoms with Gasteiger partial charge in [0.25, 0.3) is 0 Å². The summed E-state index contributed by atoms with van der Waals surface area (Å²) >= 11 is 0. The summed E-state index contributed by atoms with van der Waals surface area (Å²) in [4.78, 5) is 12.1. The molecule has 0 radical (unpaired) electrons. The molecule has 0 aromatic rings. The summed E-state index contributed by atoms with van der Waals surface area (Å²) in [5, 5.41) is 5.84. The number of hydrogen-bond donors (Lipinski definition) is 2. The molecule has 2 heterocycles. The standard InChI is InChI=1S/C13H22N2O3S/c16-12(11-8-13(11)3-5-14-6-4-13)15-9-10-2-1-7-19(10,17)18/h10-11,14H,1-9H2,(H,15,16). The van der Waals surface area contributed by atoms with E-state index in [0.29, 0.717) is 13.0 Å². The Morgan fingerprint density at radius 1 is 1.32 bits per heavy atom. The van der Waals surface area contributed by atoms with Crippen LogP contribution < -0.4 is 10.6 Å². The van der Waals surface area contributed by atoms with Gasteiger partial charge in [-0.1, -0.05) is 0 Å². The number of nitrogens with one attached hydrogen (secondary N) is 2. The molecule has 1 saturated carbocycles.